The van der Waals surface area contributed by atoms with Crippen LogP contribution in [0.1, 0.15) is 60.3 Å². The normalized spacial score (nSPS) is 32.0. The number of nitrogens with zero attached hydrogens (tertiary/aromatic N) is 1. The summed E-state index contributed by atoms with van der Waals surface area (Å²) >= 11 is 0. The highest BCUT2D eigenvalue weighted by molar-refractivity contribution is 5.78. The Morgan fingerprint density at radius 2 is 1.90 bits per heavy atom. The SMILES string of the molecule is CCOC(=O)C1CCC2CCC1(C)N2C(=O)OC(C)(C)C. The van der Waals surface area contributed by atoms with Crippen LogP contribution in [0.15, 0.2) is 0 Å². The zero-order valence-corrected chi connectivity index (χ0v) is 13.8. The fraction of sp³-hybridized carbons (Fsp3) is 0.875. The van der Waals surface area contributed by atoms with Gasteiger partial charge in [-0.3, -0.25) is 9.69 Å². The summed E-state index contributed by atoms with van der Waals surface area (Å²) in [4.78, 5) is 26.6. The van der Waals surface area contributed by atoms with Crippen LogP contribution in [0.25, 0.3) is 0 Å². The van der Waals surface area contributed by atoms with E-state index < -0.39 is 11.1 Å². The van der Waals surface area contributed by atoms with Crippen LogP contribution in [-0.2, 0) is 14.3 Å². The monoisotopic (exact) mass is 297 g/mol. The molecule has 0 radical (unpaired) electrons. The summed E-state index contributed by atoms with van der Waals surface area (Å²) in [5, 5.41) is 0. The molecule has 5 heteroatoms. The lowest BCUT2D eigenvalue weighted by Gasteiger charge is -2.46. The average molecular weight is 297 g/mol. The van der Waals surface area contributed by atoms with Gasteiger partial charge in [0.25, 0.3) is 0 Å². The summed E-state index contributed by atoms with van der Waals surface area (Å²) in [5.74, 6) is -0.433. The number of piperidine rings is 1. The highest BCUT2D eigenvalue weighted by Crippen LogP contribution is 2.48. The van der Waals surface area contributed by atoms with Gasteiger partial charge in [-0.2, -0.15) is 0 Å². The zero-order valence-electron chi connectivity index (χ0n) is 13.8. The van der Waals surface area contributed by atoms with E-state index in [1.165, 1.54) is 0 Å². The molecule has 2 heterocycles. The number of hydrogen-bond acceptors (Lipinski definition) is 4. The Labute approximate surface area is 127 Å². The van der Waals surface area contributed by atoms with E-state index in [4.69, 9.17) is 9.47 Å². The van der Waals surface area contributed by atoms with Gasteiger partial charge in [0, 0.05) is 6.04 Å². The third-order valence-electron chi connectivity index (χ3n) is 4.60. The van der Waals surface area contributed by atoms with Crippen molar-refractivity contribution in [2.75, 3.05) is 6.61 Å². The van der Waals surface area contributed by atoms with Gasteiger partial charge in [0.05, 0.1) is 18.1 Å². The molecule has 2 saturated heterocycles. The maximum Gasteiger partial charge on any atom is 0.411 e. The van der Waals surface area contributed by atoms with Crippen LogP contribution in [0.2, 0.25) is 0 Å². The van der Waals surface area contributed by atoms with Crippen molar-refractivity contribution in [2.24, 2.45) is 5.92 Å². The van der Waals surface area contributed by atoms with E-state index in [0.717, 1.165) is 25.7 Å². The molecule has 3 atom stereocenters. The Kier molecular flexibility index (Phi) is 4.22. The van der Waals surface area contributed by atoms with Gasteiger partial charge in [-0.1, -0.05) is 0 Å². The summed E-state index contributed by atoms with van der Waals surface area (Å²) in [7, 11) is 0. The van der Waals surface area contributed by atoms with Crippen LogP contribution in [0.5, 0.6) is 0 Å². The molecule has 1 amide bonds. The van der Waals surface area contributed by atoms with Crippen LogP contribution in [0, 0.1) is 5.92 Å². The van der Waals surface area contributed by atoms with Crippen molar-refractivity contribution >= 4 is 12.1 Å². The minimum Gasteiger partial charge on any atom is -0.466 e. The molecule has 120 valence electrons. The van der Waals surface area contributed by atoms with Gasteiger partial charge in [-0.15, -0.1) is 0 Å². The Morgan fingerprint density at radius 1 is 1.24 bits per heavy atom. The Bertz CT molecular complexity index is 428. The quantitative estimate of drug-likeness (QED) is 0.735. The maximum absolute atomic E-state index is 12.6. The van der Waals surface area contributed by atoms with E-state index in [-0.39, 0.29) is 24.0 Å². The number of rotatable bonds is 2. The van der Waals surface area contributed by atoms with Gasteiger partial charge in [0.1, 0.15) is 5.60 Å². The summed E-state index contributed by atoms with van der Waals surface area (Å²) in [5.41, 5.74) is -0.999. The van der Waals surface area contributed by atoms with Crippen molar-refractivity contribution in [1.82, 2.24) is 4.90 Å². The van der Waals surface area contributed by atoms with E-state index >= 15 is 0 Å². The van der Waals surface area contributed by atoms with E-state index in [1.807, 2.05) is 39.5 Å². The van der Waals surface area contributed by atoms with Gasteiger partial charge >= 0.3 is 12.1 Å². The minimum absolute atomic E-state index is 0.186. The maximum atomic E-state index is 12.6. The van der Waals surface area contributed by atoms with Crippen LogP contribution in [-0.4, -0.2) is 40.8 Å². The van der Waals surface area contributed by atoms with Gasteiger partial charge in [-0.05, 0) is 60.3 Å². The Hall–Kier alpha value is -1.26. The fourth-order valence-electron chi connectivity index (χ4n) is 3.69. The zero-order chi connectivity index (χ0) is 15.8. The molecular weight excluding hydrogens is 270 g/mol. The highest BCUT2D eigenvalue weighted by Gasteiger charge is 2.57. The number of hydrogen-bond donors (Lipinski definition) is 0. The molecule has 2 bridgehead atoms. The number of amides is 1. The second kappa shape index (κ2) is 5.50. The molecule has 2 fully saturated rings. The molecule has 2 rings (SSSR count). The molecule has 3 unspecified atom stereocenters. The lowest BCUT2D eigenvalue weighted by Crippen LogP contribution is -2.59. The van der Waals surface area contributed by atoms with Crippen molar-refractivity contribution < 1.29 is 19.1 Å². The Balaban J connectivity index is 2.22. The molecule has 2 aliphatic heterocycles. The molecule has 0 aromatic rings. The smallest absolute Gasteiger partial charge is 0.411 e. The predicted molar refractivity (Wildman–Crippen MR) is 78.9 cm³/mol. The number of esters is 1. The predicted octanol–water partition coefficient (Wildman–Crippen LogP) is 3.12. The topological polar surface area (TPSA) is 55.8 Å². The molecule has 21 heavy (non-hydrogen) atoms. The van der Waals surface area contributed by atoms with Crippen molar-refractivity contribution in [2.45, 2.75) is 77.5 Å². The molecule has 5 nitrogen and oxygen atoms in total. The lowest BCUT2D eigenvalue weighted by atomic mass is 9.79. The first-order chi connectivity index (χ1) is 9.69. The summed E-state index contributed by atoms with van der Waals surface area (Å²) in [6.45, 7) is 9.77. The molecule has 0 aliphatic carbocycles. The fourth-order valence-corrected chi connectivity index (χ4v) is 3.69. The van der Waals surface area contributed by atoms with E-state index in [2.05, 4.69) is 0 Å². The van der Waals surface area contributed by atoms with Crippen molar-refractivity contribution in [3.63, 3.8) is 0 Å². The number of carbonyl (C=O) groups is 2. The second-order valence-electron chi connectivity index (χ2n) is 7.28. The summed E-state index contributed by atoms with van der Waals surface area (Å²) in [6, 6.07) is 0.190. The molecule has 0 saturated carbocycles. The van der Waals surface area contributed by atoms with E-state index in [9.17, 15) is 9.59 Å². The summed E-state index contributed by atoms with van der Waals surface area (Å²) in [6.07, 6.45) is 3.10. The largest absolute Gasteiger partial charge is 0.466 e. The van der Waals surface area contributed by atoms with Crippen LogP contribution in [0.3, 0.4) is 0 Å². The third-order valence-corrected chi connectivity index (χ3v) is 4.60. The van der Waals surface area contributed by atoms with Gasteiger partial charge < -0.3 is 9.47 Å². The number of carbonyl (C=O) groups excluding carboxylic acids is 2. The average Bonchev–Trinajstić information content (AvgIpc) is 2.56. The van der Waals surface area contributed by atoms with Crippen molar-refractivity contribution in [3.05, 3.63) is 0 Å². The van der Waals surface area contributed by atoms with E-state index in [1.54, 1.807) is 0 Å². The standard InChI is InChI=1S/C16H27NO4/c1-6-20-13(18)12-8-7-11-9-10-16(12,5)17(11)14(19)21-15(2,3)4/h11-12H,6-10H2,1-5H3. The van der Waals surface area contributed by atoms with Crippen LogP contribution >= 0.6 is 0 Å². The van der Waals surface area contributed by atoms with Gasteiger partial charge in [-0.25, -0.2) is 4.79 Å². The summed E-state index contributed by atoms with van der Waals surface area (Å²) < 4.78 is 10.8. The lowest BCUT2D eigenvalue weighted by molar-refractivity contribution is -0.155. The molecule has 0 spiro atoms. The number of ether oxygens (including phenoxy) is 2. The van der Waals surface area contributed by atoms with Gasteiger partial charge in [0.2, 0.25) is 0 Å². The third kappa shape index (κ3) is 3.01. The first-order valence-corrected chi connectivity index (χ1v) is 7.88. The molecule has 0 aromatic heterocycles. The molecule has 2 aliphatic rings. The minimum atomic E-state index is -0.524. The van der Waals surface area contributed by atoms with Crippen LogP contribution in [0.4, 0.5) is 4.79 Å². The first-order valence-electron chi connectivity index (χ1n) is 7.88. The molecular formula is C16H27NO4. The Morgan fingerprint density at radius 3 is 2.48 bits per heavy atom. The van der Waals surface area contributed by atoms with Crippen molar-refractivity contribution in [1.29, 1.82) is 0 Å². The van der Waals surface area contributed by atoms with Crippen molar-refractivity contribution in [3.8, 4) is 0 Å². The first kappa shape index (κ1) is 16.1. The van der Waals surface area contributed by atoms with Crippen LogP contribution < -0.4 is 0 Å². The molecule has 0 N–H and O–H groups in total. The van der Waals surface area contributed by atoms with E-state index in [0.29, 0.717) is 6.61 Å². The van der Waals surface area contributed by atoms with Gasteiger partial charge in [0.15, 0.2) is 0 Å². The highest BCUT2D eigenvalue weighted by atomic mass is 16.6. The number of fused-ring (bicyclic) bond motifs is 2. The molecule has 0 aromatic carbocycles. The second-order valence-corrected chi connectivity index (χ2v) is 7.28.